The fourth-order valence-corrected chi connectivity index (χ4v) is 2.39. The van der Waals surface area contributed by atoms with Gasteiger partial charge in [0.1, 0.15) is 6.29 Å². The van der Waals surface area contributed by atoms with Gasteiger partial charge in [0, 0.05) is 5.56 Å². The number of aldehydes is 1. The SMILES string of the molecule is COc1cccc(C2=CC=CCC2(C)C=O)c1OC. The number of ether oxygens (including phenoxy) is 2. The third kappa shape index (κ3) is 2.28. The minimum atomic E-state index is -0.519. The summed E-state index contributed by atoms with van der Waals surface area (Å²) in [6, 6.07) is 5.70. The van der Waals surface area contributed by atoms with Gasteiger partial charge in [-0.3, -0.25) is 0 Å². The van der Waals surface area contributed by atoms with E-state index < -0.39 is 5.41 Å². The van der Waals surface area contributed by atoms with Gasteiger partial charge in [-0.2, -0.15) is 0 Å². The highest BCUT2D eigenvalue weighted by Gasteiger charge is 2.32. The van der Waals surface area contributed by atoms with Gasteiger partial charge in [0.05, 0.1) is 19.6 Å². The van der Waals surface area contributed by atoms with Crippen LogP contribution in [0.15, 0.2) is 36.4 Å². The zero-order valence-corrected chi connectivity index (χ0v) is 11.5. The molecule has 0 aromatic heterocycles. The van der Waals surface area contributed by atoms with Gasteiger partial charge < -0.3 is 14.3 Å². The highest BCUT2D eigenvalue weighted by Crippen LogP contribution is 2.45. The molecular weight excluding hydrogens is 240 g/mol. The first kappa shape index (κ1) is 13.4. The van der Waals surface area contributed by atoms with Crippen LogP contribution in [0.4, 0.5) is 0 Å². The van der Waals surface area contributed by atoms with Gasteiger partial charge in [-0.25, -0.2) is 0 Å². The van der Waals surface area contributed by atoms with Crippen LogP contribution in [-0.4, -0.2) is 20.5 Å². The zero-order chi connectivity index (χ0) is 13.9. The molecule has 0 N–H and O–H groups in total. The number of benzene rings is 1. The van der Waals surface area contributed by atoms with Crippen molar-refractivity contribution in [2.75, 3.05) is 14.2 Å². The smallest absolute Gasteiger partial charge is 0.168 e. The fraction of sp³-hybridized carbons (Fsp3) is 0.312. The van der Waals surface area contributed by atoms with E-state index in [-0.39, 0.29) is 0 Å². The topological polar surface area (TPSA) is 35.5 Å². The summed E-state index contributed by atoms with van der Waals surface area (Å²) >= 11 is 0. The molecule has 0 spiro atoms. The van der Waals surface area contributed by atoms with Crippen molar-refractivity contribution in [3.8, 4) is 11.5 Å². The predicted octanol–water partition coefficient (Wildman–Crippen LogP) is 3.25. The molecule has 0 fully saturated rings. The molecule has 3 nitrogen and oxygen atoms in total. The van der Waals surface area contributed by atoms with E-state index in [9.17, 15) is 4.79 Å². The first-order valence-corrected chi connectivity index (χ1v) is 6.21. The molecule has 0 saturated heterocycles. The molecule has 0 heterocycles. The van der Waals surface area contributed by atoms with Crippen LogP contribution < -0.4 is 9.47 Å². The normalized spacial score (nSPS) is 21.7. The molecule has 1 aliphatic carbocycles. The maximum Gasteiger partial charge on any atom is 0.168 e. The summed E-state index contributed by atoms with van der Waals surface area (Å²) < 4.78 is 10.8. The van der Waals surface area contributed by atoms with E-state index in [0.29, 0.717) is 17.9 Å². The average molecular weight is 258 g/mol. The number of hydrogen-bond donors (Lipinski definition) is 0. The molecular formula is C16H18O3. The van der Waals surface area contributed by atoms with Crippen LogP contribution in [0.3, 0.4) is 0 Å². The summed E-state index contributed by atoms with van der Waals surface area (Å²) in [7, 11) is 3.22. The first-order chi connectivity index (χ1) is 9.16. The molecule has 0 aliphatic heterocycles. The summed E-state index contributed by atoms with van der Waals surface area (Å²) in [5.74, 6) is 1.34. The molecule has 0 radical (unpaired) electrons. The number of rotatable bonds is 4. The molecule has 1 unspecified atom stereocenters. The summed E-state index contributed by atoms with van der Waals surface area (Å²) in [5.41, 5.74) is 1.34. The van der Waals surface area contributed by atoms with Crippen LogP contribution in [0.1, 0.15) is 18.9 Å². The Balaban J connectivity index is 2.60. The van der Waals surface area contributed by atoms with Crippen LogP contribution in [0.2, 0.25) is 0 Å². The lowest BCUT2D eigenvalue weighted by Gasteiger charge is -2.29. The van der Waals surface area contributed by atoms with Crippen molar-refractivity contribution < 1.29 is 14.3 Å². The van der Waals surface area contributed by atoms with Crippen LogP contribution in [0.5, 0.6) is 11.5 Å². The van der Waals surface area contributed by atoms with E-state index in [1.807, 2.05) is 43.4 Å². The van der Waals surface area contributed by atoms with Gasteiger partial charge in [0.25, 0.3) is 0 Å². The molecule has 3 heteroatoms. The van der Waals surface area contributed by atoms with Crippen molar-refractivity contribution in [3.05, 3.63) is 42.0 Å². The van der Waals surface area contributed by atoms with E-state index in [2.05, 4.69) is 0 Å². The second-order valence-electron chi connectivity index (χ2n) is 4.79. The van der Waals surface area contributed by atoms with E-state index >= 15 is 0 Å². The van der Waals surface area contributed by atoms with E-state index in [1.165, 1.54) is 0 Å². The highest BCUT2D eigenvalue weighted by atomic mass is 16.5. The number of para-hydroxylation sites is 1. The second kappa shape index (κ2) is 5.31. The summed E-state index contributed by atoms with van der Waals surface area (Å²) in [6.45, 7) is 1.94. The minimum absolute atomic E-state index is 0.519. The Morgan fingerprint density at radius 3 is 2.68 bits per heavy atom. The van der Waals surface area contributed by atoms with Crippen LogP contribution in [-0.2, 0) is 4.79 Å². The molecule has 19 heavy (non-hydrogen) atoms. The van der Waals surface area contributed by atoms with E-state index in [4.69, 9.17) is 9.47 Å². The van der Waals surface area contributed by atoms with Crippen molar-refractivity contribution in [1.82, 2.24) is 0 Å². The lowest BCUT2D eigenvalue weighted by molar-refractivity contribution is -0.112. The third-order valence-electron chi connectivity index (χ3n) is 3.51. The summed E-state index contributed by atoms with van der Waals surface area (Å²) in [4.78, 5) is 11.5. The van der Waals surface area contributed by atoms with E-state index in [1.54, 1.807) is 14.2 Å². The van der Waals surface area contributed by atoms with Gasteiger partial charge in [-0.05, 0) is 25.0 Å². The van der Waals surface area contributed by atoms with Crippen molar-refractivity contribution in [1.29, 1.82) is 0 Å². The largest absolute Gasteiger partial charge is 0.493 e. The molecule has 100 valence electrons. The van der Waals surface area contributed by atoms with Crippen molar-refractivity contribution >= 4 is 11.9 Å². The third-order valence-corrected chi connectivity index (χ3v) is 3.51. The molecule has 1 aromatic rings. The second-order valence-corrected chi connectivity index (χ2v) is 4.79. The van der Waals surface area contributed by atoms with Gasteiger partial charge in [-0.1, -0.05) is 30.4 Å². The summed E-state index contributed by atoms with van der Waals surface area (Å²) in [6.07, 6.45) is 7.64. The van der Waals surface area contributed by atoms with E-state index in [0.717, 1.165) is 17.4 Å². The lowest BCUT2D eigenvalue weighted by atomic mass is 9.74. The zero-order valence-electron chi connectivity index (χ0n) is 11.5. The Kier molecular flexibility index (Phi) is 3.74. The molecule has 0 bridgehead atoms. The van der Waals surface area contributed by atoms with Crippen LogP contribution in [0.25, 0.3) is 5.57 Å². The van der Waals surface area contributed by atoms with Crippen molar-refractivity contribution in [2.45, 2.75) is 13.3 Å². The van der Waals surface area contributed by atoms with Gasteiger partial charge in [0.2, 0.25) is 0 Å². The van der Waals surface area contributed by atoms with Crippen molar-refractivity contribution in [2.24, 2.45) is 5.41 Å². The average Bonchev–Trinajstić information content (AvgIpc) is 2.46. The van der Waals surface area contributed by atoms with Crippen LogP contribution in [0, 0.1) is 5.41 Å². The van der Waals surface area contributed by atoms with Crippen molar-refractivity contribution in [3.63, 3.8) is 0 Å². The molecule has 0 amide bonds. The predicted molar refractivity (Wildman–Crippen MR) is 75.5 cm³/mol. The number of carbonyl (C=O) groups excluding carboxylic acids is 1. The number of allylic oxidation sites excluding steroid dienone is 4. The standard InChI is InChI=1S/C16H18O3/c1-16(11-17)10-5-4-8-13(16)12-7-6-9-14(18-2)15(12)19-3/h4-9,11H,10H2,1-3H3. The van der Waals surface area contributed by atoms with Gasteiger partial charge in [0.15, 0.2) is 11.5 Å². The molecule has 1 aromatic carbocycles. The number of hydrogen-bond acceptors (Lipinski definition) is 3. The Labute approximate surface area is 113 Å². The Hall–Kier alpha value is -2.03. The first-order valence-electron chi connectivity index (χ1n) is 6.21. The maximum atomic E-state index is 11.5. The summed E-state index contributed by atoms with van der Waals surface area (Å²) in [5, 5.41) is 0. The molecule has 1 atom stereocenters. The van der Waals surface area contributed by atoms with Crippen LogP contribution >= 0.6 is 0 Å². The highest BCUT2D eigenvalue weighted by molar-refractivity contribution is 5.89. The molecule has 0 saturated carbocycles. The van der Waals surface area contributed by atoms with Gasteiger partial charge in [-0.15, -0.1) is 0 Å². The number of methoxy groups -OCH3 is 2. The monoisotopic (exact) mass is 258 g/mol. The molecule has 2 rings (SSSR count). The molecule has 1 aliphatic rings. The maximum absolute atomic E-state index is 11.5. The lowest BCUT2D eigenvalue weighted by Crippen LogP contribution is -2.21. The van der Waals surface area contributed by atoms with Gasteiger partial charge >= 0.3 is 0 Å². The number of carbonyl (C=O) groups is 1. The quantitative estimate of drug-likeness (QED) is 0.778. The Morgan fingerprint density at radius 1 is 1.26 bits per heavy atom. The Morgan fingerprint density at radius 2 is 2.05 bits per heavy atom. The Bertz CT molecular complexity index is 543. The minimum Gasteiger partial charge on any atom is -0.493 e. The fourth-order valence-electron chi connectivity index (χ4n) is 2.39.